The molecule has 6 heteroatoms. The number of hydrogen-bond donors (Lipinski definition) is 1. The second kappa shape index (κ2) is 6.48. The molecular weight excluding hydrogens is 331 g/mol. The monoisotopic (exact) mass is 348 g/mol. The number of benzene rings is 2. The number of halogens is 1. The maximum atomic E-state index is 12.9. The lowest BCUT2D eigenvalue weighted by Crippen LogP contribution is -1.95. The second-order valence-electron chi connectivity index (χ2n) is 6.10. The van der Waals surface area contributed by atoms with E-state index in [0.29, 0.717) is 11.5 Å². The molecule has 0 aliphatic carbocycles. The van der Waals surface area contributed by atoms with E-state index >= 15 is 0 Å². The van der Waals surface area contributed by atoms with Gasteiger partial charge in [0.2, 0.25) is 5.78 Å². The Bertz CT molecular complexity index is 1070. The molecular formula is C20H17FN4O. The van der Waals surface area contributed by atoms with Crippen molar-refractivity contribution in [3.8, 4) is 16.9 Å². The van der Waals surface area contributed by atoms with Gasteiger partial charge in [-0.2, -0.15) is 0 Å². The third kappa shape index (κ3) is 3.21. The standard InChI is InChI=1S/C20H17FN4O/c1-13-2-3-14(8-19(13)22)15-9-23-20-24-17(11-25(20)10-15)12-26-18-6-4-16(21)5-7-18/h2-11H,12,22H2,1H3. The van der Waals surface area contributed by atoms with E-state index in [2.05, 4.69) is 9.97 Å². The fourth-order valence-electron chi connectivity index (χ4n) is 2.66. The number of aromatic nitrogens is 3. The summed E-state index contributed by atoms with van der Waals surface area (Å²) in [5.74, 6) is 0.886. The van der Waals surface area contributed by atoms with E-state index in [0.717, 1.165) is 28.1 Å². The van der Waals surface area contributed by atoms with Crippen LogP contribution >= 0.6 is 0 Å². The summed E-state index contributed by atoms with van der Waals surface area (Å²) in [5.41, 5.74) is 10.5. The molecule has 0 amide bonds. The Labute approximate surface area is 149 Å². The fraction of sp³-hybridized carbons (Fsp3) is 0.100. The lowest BCUT2D eigenvalue weighted by Gasteiger charge is -2.05. The van der Waals surface area contributed by atoms with Gasteiger partial charge < -0.3 is 10.5 Å². The van der Waals surface area contributed by atoms with Gasteiger partial charge in [-0.3, -0.25) is 4.40 Å². The summed E-state index contributed by atoms with van der Waals surface area (Å²) in [6.07, 6.45) is 5.60. The molecule has 2 heterocycles. The number of anilines is 1. The Hall–Kier alpha value is -3.41. The molecule has 0 spiro atoms. The average molecular weight is 348 g/mol. The van der Waals surface area contributed by atoms with Crippen molar-refractivity contribution >= 4 is 11.5 Å². The summed E-state index contributed by atoms with van der Waals surface area (Å²) in [4.78, 5) is 8.84. The Kier molecular flexibility index (Phi) is 4.01. The SMILES string of the molecule is Cc1ccc(-c2cnc3nc(COc4ccc(F)cc4)cn3c2)cc1N. The lowest BCUT2D eigenvalue weighted by molar-refractivity contribution is 0.301. The normalized spacial score (nSPS) is 11.0. The number of imidazole rings is 1. The molecule has 0 atom stereocenters. The van der Waals surface area contributed by atoms with Crippen LogP contribution in [-0.4, -0.2) is 14.4 Å². The van der Waals surface area contributed by atoms with E-state index in [1.54, 1.807) is 18.3 Å². The quantitative estimate of drug-likeness (QED) is 0.566. The van der Waals surface area contributed by atoms with Gasteiger partial charge >= 0.3 is 0 Å². The van der Waals surface area contributed by atoms with Crippen LogP contribution in [0.5, 0.6) is 5.75 Å². The number of nitrogens with two attached hydrogens (primary N) is 1. The predicted molar refractivity (Wildman–Crippen MR) is 98.3 cm³/mol. The molecule has 0 aliphatic heterocycles. The highest BCUT2D eigenvalue weighted by atomic mass is 19.1. The van der Waals surface area contributed by atoms with Gasteiger partial charge in [-0.25, -0.2) is 14.4 Å². The van der Waals surface area contributed by atoms with Crippen LogP contribution in [0.3, 0.4) is 0 Å². The van der Waals surface area contributed by atoms with Crippen LogP contribution in [0, 0.1) is 12.7 Å². The van der Waals surface area contributed by atoms with E-state index in [1.165, 1.54) is 12.1 Å². The molecule has 2 aromatic heterocycles. The van der Waals surface area contributed by atoms with Crippen LogP contribution in [-0.2, 0) is 6.61 Å². The van der Waals surface area contributed by atoms with Gasteiger partial charge in [0.25, 0.3) is 0 Å². The average Bonchev–Trinajstić information content (AvgIpc) is 3.05. The predicted octanol–water partition coefficient (Wildman–Crippen LogP) is 4.01. The largest absolute Gasteiger partial charge is 0.487 e. The maximum Gasteiger partial charge on any atom is 0.234 e. The summed E-state index contributed by atoms with van der Waals surface area (Å²) < 4.78 is 20.4. The minimum absolute atomic E-state index is 0.280. The summed E-state index contributed by atoms with van der Waals surface area (Å²) in [5, 5.41) is 0. The topological polar surface area (TPSA) is 65.4 Å². The molecule has 0 unspecified atom stereocenters. The van der Waals surface area contributed by atoms with Crippen molar-refractivity contribution in [2.45, 2.75) is 13.5 Å². The van der Waals surface area contributed by atoms with E-state index in [1.807, 2.05) is 41.9 Å². The van der Waals surface area contributed by atoms with E-state index in [4.69, 9.17) is 10.5 Å². The Morgan fingerprint density at radius 3 is 2.65 bits per heavy atom. The van der Waals surface area contributed by atoms with E-state index in [-0.39, 0.29) is 12.4 Å². The van der Waals surface area contributed by atoms with Crippen LogP contribution in [0.15, 0.2) is 61.1 Å². The summed E-state index contributed by atoms with van der Waals surface area (Å²) in [6, 6.07) is 11.8. The maximum absolute atomic E-state index is 12.9. The highest BCUT2D eigenvalue weighted by molar-refractivity contribution is 5.68. The van der Waals surface area contributed by atoms with Crippen LogP contribution in [0.1, 0.15) is 11.3 Å². The van der Waals surface area contributed by atoms with Gasteiger partial charge in [0, 0.05) is 29.8 Å². The molecule has 130 valence electrons. The fourth-order valence-corrected chi connectivity index (χ4v) is 2.66. The van der Waals surface area contributed by atoms with Crippen LogP contribution in [0.2, 0.25) is 0 Å². The zero-order valence-electron chi connectivity index (χ0n) is 14.2. The summed E-state index contributed by atoms with van der Waals surface area (Å²) in [7, 11) is 0. The van der Waals surface area contributed by atoms with Crippen LogP contribution in [0.25, 0.3) is 16.9 Å². The van der Waals surface area contributed by atoms with Crippen molar-refractivity contribution in [1.29, 1.82) is 0 Å². The molecule has 0 saturated heterocycles. The smallest absolute Gasteiger partial charge is 0.234 e. The minimum atomic E-state index is -0.293. The van der Waals surface area contributed by atoms with Gasteiger partial charge in [0.15, 0.2) is 0 Å². The molecule has 2 N–H and O–H groups in total. The minimum Gasteiger partial charge on any atom is -0.487 e. The molecule has 0 radical (unpaired) electrons. The van der Waals surface area contributed by atoms with Crippen molar-refractivity contribution in [2.75, 3.05) is 5.73 Å². The zero-order chi connectivity index (χ0) is 18.1. The van der Waals surface area contributed by atoms with Crippen molar-refractivity contribution in [1.82, 2.24) is 14.4 Å². The van der Waals surface area contributed by atoms with Crippen LogP contribution < -0.4 is 10.5 Å². The van der Waals surface area contributed by atoms with Crippen molar-refractivity contribution in [3.05, 3.63) is 78.1 Å². The van der Waals surface area contributed by atoms with Crippen molar-refractivity contribution in [3.63, 3.8) is 0 Å². The van der Waals surface area contributed by atoms with Gasteiger partial charge in [-0.15, -0.1) is 0 Å². The van der Waals surface area contributed by atoms with E-state index < -0.39 is 0 Å². The summed E-state index contributed by atoms with van der Waals surface area (Å²) in [6.45, 7) is 2.26. The number of fused-ring (bicyclic) bond motifs is 1. The first-order valence-corrected chi connectivity index (χ1v) is 8.17. The van der Waals surface area contributed by atoms with Crippen LogP contribution in [0.4, 0.5) is 10.1 Å². The van der Waals surface area contributed by atoms with Gasteiger partial charge in [-0.1, -0.05) is 12.1 Å². The molecule has 5 nitrogen and oxygen atoms in total. The number of hydrogen-bond acceptors (Lipinski definition) is 4. The molecule has 0 bridgehead atoms. The van der Waals surface area contributed by atoms with Gasteiger partial charge in [0.05, 0.1) is 5.69 Å². The lowest BCUT2D eigenvalue weighted by atomic mass is 10.1. The number of rotatable bonds is 4. The molecule has 4 aromatic rings. The molecule has 4 rings (SSSR count). The van der Waals surface area contributed by atoms with Crippen molar-refractivity contribution < 1.29 is 9.13 Å². The number of aryl methyl sites for hydroxylation is 1. The Balaban J connectivity index is 1.57. The number of nitrogens with zero attached hydrogens (tertiary/aromatic N) is 3. The highest BCUT2D eigenvalue weighted by Gasteiger charge is 2.07. The molecule has 0 fully saturated rings. The number of nitrogen functional groups attached to an aromatic ring is 1. The first-order valence-electron chi connectivity index (χ1n) is 8.17. The van der Waals surface area contributed by atoms with Gasteiger partial charge in [-0.05, 0) is 48.4 Å². The first-order chi connectivity index (χ1) is 12.6. The zero-order valence-corrected chi connectivity index (χ0v) is 14.2. The first kappa shape index (κ1) is 16.1. The molecule has 0 aliphatic rings. The summed E-state index contributed by atoms with van der Waals surface area (Å²) >= 11 is 0. The Morgan fingerprint density at radius 1 is 1.08 bits per heavy atom. The number of ether oxygens (including phenoxy) is 1. The second-order valence-corrected chi connectivity index (χ2v) is 6.10. The molecule has 2 aromatic carbocycles. The van der Waals surface area contributed by atoms with Crippen molar-refractivity contribution in [2.24, 2.45) is 0 Å². The molecule has 0 saturated carbocycles. The third-order valence-electron chi connectivity index (χ3n) is 4.17. The third-order valence-corrected chi connectivity index (χ3v) is 4.17. The molecule has 26 heavy (non-hydrogen) atoms. The Morgan fingerprint density at radius 2 is 1.88 bits per heavy atom. The highest BCUT2D eigenvalue weighted by Crippen LogP contribution is 2.23. The van der Waals surface area contributed by atoms with E-state index in [9.17, 15) is 4.39 Å². The van der Waals surface area contributed by atoms with Gasteiger partial charge in [0.1, 0.15) is 18.2 Å².